The van der Waals surface area contributed by atoms with Crippen molar-refractivity contribution >= 4 is 7.85 Å². The van der Waals surface area contributed by atoms with Crippen molar-refractivity contribution in [3.05, 3.63) is 23.3 Å². The third kappa shape index (κ3) is 2.30. The second-order valence-electron chi connectivity index (χ2n) is 2.78. The molecule has 0 atom stereocenters. The lowest BCUT2D eigenvalue weighted by atomic mass is 9.82. The summed E-state index contributed by atoms with van der Waals surface area (Å²) in [6.07, 6.45) is 0. The molecular formula is C8H14BN. The number of nitrogens with two attached hydrogens (primary N) is 1. The summed E-state index contributed by atoms with van der Waals surface area (Å²) in [5.74, 6) is 0.374. The van der Waals surface area contributed by atoms with Gasteiger partial charge in [0.25, 0.3) is 0 Å². The van der Waals surface area contributed by atoms with Gasteiger partial charge in [-0.3, -0.25) is 0 Å². The lowest BCUT2D eigenvalue weighted by Crippen LogP contribution is -2.04. The van der Waals surface area contributed by atoms with Crippen molar-refractivity contribution < 1.29 is 0 Å². The van der Waals surface area contributed by atoms with Gasteiger partial charge in [-0.05, 0) is 18.5 Å². The van der Waals surface area contributed by atoms with E-state index in [0.29, 0.717) is 17.1 Å². The third-order valence-corrected chi connectivity index (χ3v) is 1.47. The molecule has 0 aliphatic carbocycles. The highest BCUT2D eigenvalue weighted by Crippen LogP contribution is 2.15. The minimum Gasteiger partial charge on any atom is -0.403 e. The maximum Gasteiger partial charge on any atom is 0.116 e. The van der Waals surface area contributed by atoms with Crippen LogP contribution in [-0.2, 0) is 0 Å². The lowest BCUT2D eigenvalue weighted by molar-refractivity contribution is 0.788. The molecule has 0 fully saturated rings. The van der Waals surface area contributed by atoms with Gasteiger partial charge in [0.05, 0.1) is 0 Å². The van der Waals surface area contributed by atoms with Crippen LogP contribution in [0.2, 0.25) is 0 Å². The van der Waals surface area contributed by atoms with Crippen LogP contribution in [0.3, 0.4) is 0 Å². The van der Waals surface area contributed by atoms with Crippen molar-refractivity contribution in [3.63, 3.8) is 0 Å². The molecule has 0 rings (SSSR count). The van der Waals surface area contributed by atoms with Gasteiger partial charge in [0.1, 0.15) is 7.85 Å². The molecule has 0 aromatic rings. The van der Waals surface area contributed by atoms with Crippen molar-refractivity contribution in [1.82, 2.24) is 0 Å². The number of hydrogen-bond donors (Lipinski definition) is 1. The fourth-order valence-corrected chi connectivity index (χ4v) is 0.564. The molecule has 0 heterocycles. The standard InChI is InChI=1S/C8H14BN/c1-5(2)6(3)8(9)7(4)10/h5H,3,10H2,1-2,4H3/b8-7-. The zero-order chi connectivity index (χ0) is 8.31. The Balaban J connectivity index is 4.38. The molecule has 0 bridgehead atoms. The molecule has 2 N–H and O–H groups in total. The normalized spacial score (nSPS) is 13.2. The van der Waals surface area contributed by atoms with Crippen LogP contribution < -0.4 is 5.73 Å². The molecule has 0 unspecified atom stereocenters. The molecule has 2 radical (unpaired) electrons. The summed E-state index contributed by atoms with van der Waals surface area (Å²) >= 11 is 0. The van der Waals surface area contributed by atoms with Crippen molar-refractivity contribution in [3.8, 4) is 0 Å². The lowest BCUT2D eigenvalue weighted by Gasteiger charge is -2.11. The minimum absolute atomic E-state index is 0.374. The summed E-state index contributed by atoms with van der Waals surface area (Å²) in [5.41, 5.74) is 7.67. The van der Waals surface area contributed by atoms with Gasteiger partial charge in [0, 0.05) is 0 Å². The largest absolute Gasteiger partial charge is 0.403 e. The predicted octanol–water partition coefficient (Wildman–Crippen LogP) is 1.56. The monoisotopic (exact) mass is 135 g/mol. The average Bonchev–Trinajstić information content (AvgIpc) is 1.84. The second-order valence-corrected chi connectivity index (χ2v) is 2.78. The molecule has 1 nitrogen and oxygen atoms in total. The molecule has 0 saturated heterocycles. The molecule has 0 aliphatic rings. The number of allylic oxidation sites excluding steroid dienone is 3. The SMILES string of the molecule is [B]/C(C(=C)C(C)C)=C(/C)N. The molecule has 0 amide bonds. The van der Waals surface area contributed by atoms with Crippen LogP contribution in [0.15, 0.2) is 23.3 Å². The van der Waals surface area contributed by atoms with E-state index in [1.54, 1.807) is 6.92 Å². The van der Waals surface area contributed by atoms with Crippen molar-refractivity contribution in [2.24, 2.45) is 11.7 Å². The first-order valence-corrected chi connectivity index (χ1v) is 3.37. The average molecular weight is 135 g/mol. The van der Waals surface area contributed by atoms with E-state index in [9.17, 15) is 0 Å². The van der Waals surface area contributed by atoms with Gasteiger partial charge in [-0.15, -0.1) is 0 Å². The van der Waals surface area contributed by atoms with Crippen LogP contribution in [-0.4, -0.2) is 7.85 Å². The van der Waals surface area contributed by atoms with Gasteiger partial charge in [-0.2, -0.15) is 0 Å². The Morgan fingerprint density at radius 1 is 1.50 bits per heavy atom. The van der Waals surface area contributed by atoms with E-state index in [0.717, 1.165) is 5.57 Å². The van der Waals surface area contributed by atoms with Gasteiger partial charge >= 0.3 is 0 Å². The Labute approximate surface area is 64.4 Å². The molecule has 0 aromatic carbocycles. The molecule has 10 heavy (non-hydrogen) atoms. The van der Waals surface area contributed by atoms with Crippen LogP contribution in [0.5, 0.6) is 0 Å². The fourth-order valence-electron chi connectivity index (χ4n) is 0.564. The molecule has 0 aliphatic heterocycles. The van der Waals surface area contributed by atoms with Crippen LogP contribution in [0.25, 0.3) is 0 Å². The van der Waals surface area contributed by atoms with E-state index in [1.165, 1.54) is 0 Å². The zero-order valence-corrected chi connectivity index (χ0v) is 6.94. The first-order valence-electron chi connectivity index (χ1n) is 3.37. The predicted molar refractivity (Wildman–Crippen MR) is 46.6 cm³/mol. The van der Waals surface area contributed by atoms with Crippen molar-refractivity contribution in [2.45, 2.75) is 20.8 Å². The van der Waals surface area contributed by atoms with E-state index in [2.05, 4.69) is 6.58 Å². The Bertz CT molecular complexity index is 164. The van der Waals surface area contributed by atoms with Gasteiger partial charge in [0.15, 0.2) is 0 Å². The highest BCUT2D eigenvalue weighted by atomic mass is 14.5. The Kier molecular flexibility index (Phi) is 3.27. The van der Waals surface area contributed by atoms with Crippen molar-refractivity contribution in [2.75, 3.05) is 0 Å². The Morgan fingerprint density at radius 3 is 2.00 bits per heavy atom. The van der Waals surface area contributed by atoms with E-state index < -0.39 is 0 Å². The van der Waals surface area contributed by atoms with Crippen LogP contribution in [0, 0.1) is 5.92 Å². The van der Waals surface area contributed by atoms with E-state index in [4.69, 9.17) is 13.6 Å². The quantitative estimate of drug-likeness (QED) is 0.451. The summed E-state index contributed by atoms with van der Waals surface area (Å²) in [4.78, 5) is 0. The summed E-state index contributed by atoms with van der Waals surface area (Å²) in [6, 6.07) is 0. The number of hydrogen-bond acceptors (Lipinski definition) is 1. The van der Waals surface area contributed by atoms with Crippen LogP contribution in [0.4, 0.5) is 0 Å². The van der Waals surface area contributed by atoms with Gasteiger partial charge in [-0.25, -0.2) is 0 Å². The van der Waals surface area contributed by atoms with E-state index in [1.807, 2.05) is 13.8 Å². The summed E-state index contributed by atoms with van der Waals surface area (Å²) in [5, 5.41) is 0. The Hall–Kier alpha value is -0.655. The van der Waals surface area contributed by atoms with Crippen molar-refractivity contribution in [1.29, 1.82) is 0 Å². The van der Waals surface area contributed by atoms with Gasteiger partial charge < -0.3 is 5.73 Å². The van der Waals surface area contributed by atoms with Gasteiger partial charge in [0.2, 0.25) is 0 Å². The second kappa shape index (κ2) is 3.50. The van der Waals surface area contributed by atoms with Gasteiger partial charge in [-0.1, -0.05) is 31.5 Å². The number of rotatable bonds is 2. The van der Waals surface area contributed by atoms with Crippen LogP contribution >= 0.6 is 0 Å². The third-order valence-electron chi connectivity index (χ3n) is 1.47. The molecule has 0 saturated carbocycles. The first kappa shape index (κ1) is 9.34. The highest BCUT2D eigenvalue weighted by Gasteiger charge is 2.02. The van der Waals surface area contributed by atoms with E-state index in [-0.39, 0.29) is 0 Å². The molecule has 0 aromatic heterocycles. The molecular weight excluding hydrogens is 121 g/mol. The zero-order valence-electron chi connectivity index (χ0n) is 6.94. The topological polar surface area (TPSA) is 26.0 Å². The molecule has 2 heteroatoms. The van der Waals surface area contributed by atoms with Crippen LogP contribution in [0.1, 0.15) is 20.8 Å². The minimum atomic E-state index is 0.374. The Morgan fingerprint density at radius 2 is 1.90 bits per heavy atom. The summed E-state index contributed by atoms with van der Waals surface area (Å²) < 4.78 is 0. The summed E-state index contributed by atoms with van der Waals surface area (Å²) in [6.45, 7) is 9.67. The summed E-state index contributed by atoms with van der Waals surface area (Å²) in [7, 11) is 5.62. The fraction of sp³-hybridized carbons (Fsp3) is 0.500. The van der Waals surface area contributed by atoms with E-state index >= 15 is 0 Å². The molecule has 0 spiro atoms. The maximum atomic E-state index is 5.62. The molecule has 54 valence electrons. The smallest absolute Gasteiger partial charge is 0.116 e. The maximum absolute atomic E-state index is 5.62. The first-order chi connectivity index (χ1) is 4.46. The highest BCUT2D eigenvalue weighted by molar-refractivity contribution is 6.24.